The third-order valence-electron chi connectivity index (χ3n) is 2.78. The van der Waals surface area contributed by atoms with Crippen molar-refractivity contribution >= 4 is 5.82 Å². The molecule has 0 fully saturated rings. The maximum atomic E-state index is 6.04. The number of ether oxygens (including phenoxy) is 1. The first-order chi connectivity index (χ1) is 9.29. The first kappa shape index (κ1) is 11.3. The van der Waals surface area contributed by atoms with Gasteiger partial charge in [0.2, 0.25) is 0 Å². The van der Waals surface area contributed by atoms with Gasteiger partial charge in [0.25, 0.3) is 0 Å². The summed E-state index contributed by atoms with van der Waals surface area (Å²) in [6.45, 7) is 0. The molecule has 0 aliphatic heterocycles. The van der Waals surface area contributed by atoms with Crippen molar-refractivity contribution in [1.82, 2.24) is 15.0 Å². The van der Waals surface area contributed by atoms with Gasteiger partial charge in [0, 0.05) is 0 Å². The summed E-state index contributed by atoms with van der Waals surface area (Å²) in [5, 5.41) is 8.08. The highest BCUT2D eigenvalue weighted by molar-refractivity contribution is 5.66. The summed E-state index contributed by atoms with van der Waals surface area (Å²) in [6.07, 6.45) is 1.57. The van der Waals surface area contributed by atoms with Gasteiger partial charge in [-0.1, -0.05) is 5.21 Å². The van der Waals surface area contributed by atoms with Gasteiger partial charge in [-0.15, -0.1) is 5.10 Å². The minimum atomic E-state index is 0.431. The number of aromatic nitrogens is 3. The lowest BCUT2D eigenvalue weighted by Gasteiger charge is -2.04. The zero-order chi connectivity index (χ0) is 13.2. The molecule has 19 heavy (non-hydrogen) atoms. The van der Waals surface area contributed by atoms with Gasteiger partial charge in [0.15, 0.2) is 17.3 Å². The Morgan fingerprint density at radius 2 is 2.00 bits per heavy atom. The average Bonchev–Trinajstić information content (AvgIpc) is 3.08. The van der Waals surface area contributed by atoms with Gasteiger partial charge in [-0.2, -0.15) is 4.68 Å². The Morgan fingerprint density at radius 1 is 1.21 bits per heavy atom. The Kier molecular flexibility index (Phi) is 2.68. The second kappa shape index (κ2) is 4.49. The Hall–Kier alpha value is -2.76. The van der Waals surface area contributed by atoms with E-state index < -0.39 is 0 Å². The maximum absolute atomic E-state index is 6.04. The number of hydrogen-bond acceptors (Lipinski definition) is 5. The van der Waals surface area contributed by atoms with E-state index in [2.05, 4.69) is 10.3 Å². The number of furan rings is 1. The molecular formula is C13H12N4O2. The molecule has 96 valence electrons. The van der Waals surface area contributed by atoms with Crippen LogP contribution in [0, 0.1) is 0 Å². The highest BCUT2D eigenvalue weighted by Crippen LogP contribution is 2.26. The standard InChI is InChI=1S/C13H12N4O2/c1-18-10-6-4-9(5-7-10)17-13(14)12(15-16-17)11-3-2-8-19-11/h2-8H,14H2,1H3. The Balaban J connectivity index is 2.01. The number of methoxy groups -OCH3 is 1. The fourth-order valence-electron chi connectivity index (χ4n) is 1.79. The summed E-state index contributed by atoms with van der Waals surface area (Å²) in [4.78, 5) is 0. The van der Waals surface area contributed by atoms with E-state index in [-0.39, 0.29) is 0 Å². The minimum absolute atomic E-state index is 0.431. The lowest BCUT2D eigenvalue weighted by molar-refractivity contribution is 0.414. The number of benzene rings is 1. The molecule has 0 aliphatic rings. The number of nitrogens with zero attached hydrogens (tertiary/aromatic N) is 3. The molecule has 0 bridgehead atoms. The van der Waals surface area contributed by atoms with Crippen LogP contribution in [-0.2, 0) is 0 Å². The van der Waals surface area contributed by atoms with Gasteiger partial charge in [-0.3, -0.25) is 0 Å². The smallest absolute Gasteiger partial charge is 0.172 e. The summed E-state index contributed by atoms with van der Waals surface area (Å²) in [7, 11) is 1.62. The molecule has 2 heterocycles. The number of anilines is 1. The SMILES string of the molecule is COc1ccc(-n2nnc(-c3ccco3)c2N)cc1. The second-order valence-electron chi connectivity index (χ2n) is 3.91. The van der Waals surface area contributed by atoms with E-state index in [9.17, 15) is 0 Å². The van der Waals surface area contributed by atoms with Crippen molar-refractivity contribution in [2.24, 2.45) is 0 Å². The molecule has 1 aromatic carbocycles. The number of nitrogens with two attached hydrogens (primary N) is 1. The second-order valence-corrected chi connectivity index (χ2v) is 3.91. The van der Waals surface area contributed by atoms with Crippen LogP contribution in [0.25, 0.3) is 17.1 Å². The highest BCUT2D eigenvalue weighted by atomic mass is 16.5. The van der Waals surface area contributed by atoms with Gasteiger partial charge in [0.05, 0.1) is 19.1 Å². The Morgan fingerprint density at radius 3 is 2.63 bits per heavy atom. The molecule has 6 heteroatoms. The van der Waals surface area contributed by atoms with Crippen molar-refractivity contribution in [3.05, 3.63) is 42.7 Å². The minimum Gasteiger partial charge on any atom is -0.497 e. The molecule has 2 aromatic heterocycles. The zero-order valence-corrected chi connectivity index (χ0v) is 10.3. The summed E-state index contributed by atoms with van der Waals surface area (Å²) in [5.74, 6) is 1.80. The van der Waals surface area contributed by atoms with Crippen LogP contribution < -0.4 is 10.5 Å². The molecule has 0 spiro atoms. The molecule has 2 N–H and O–H groups in total. The van der Waals surface area contributed by atoms with Crippen LogP contribution in [0.2, 0.25) is 0 Å². The van der Waals surface area contributed by atoms with Crippen molar-refractivity contribution < 1.29 is 9.15 Å². The lowest BCUT2D eigenvalue weighted by atomic mass is 10.3. The van der Waals surface area contributed by atoms with Crippen LogP contribution >= 0.6 is 0 Å². The van der Waals surface area contributed by atoms with E-state index in [4.69, 9.17) is 14.9 Å². The van der Waals surface area contributed by atoms with Crippen molar-refractivity contribution in [3.63, 3.8) is 0 Å². The molecule has 0 saturated carbocycles. The monoisotopic (exact) mass is 256 g/mol. The van der Waals surface area contributed by atoms with E-state index in [1.54, 1.807) is 30.2 Å². The van der Waals surface area contributed by atoms with Crippen LogP contribution in [0.3, 0.4) is 0 Å². The molecule has 3 aromatic rings. The molecule has 6 nitrogen and oxygen atoms in total. The summed E-state index contributed by atoms with van der Waals surface area (Å²) >= 11 is 0. The molecule has 0 unspecified atom stereocenters. The van der Waals surface area contributed by atoms with Crippen LogP contribution in [0.1, 0.15) is 0 Å². The third-order valence-corrected chi connectivity index (χ3v) is 2.78. The molecule has 0 atom stereocenters. The van der Waals surface area contributed by atoms with Gasteiger partial charge >= 0.3 is 0 Å². The van der Waals surface area contributed by atoms with E-state index in [0.717, 1.165) is 11.4 Å². The van der Waals surface area contributed by atoms with Crippen molar-refractivity contribution in [2.75, 3.05) is 12.8 Å². The van der Waals surface area contributed by atoms with Crippen molar-refractivity contribution in [3.8, 4) is 22.9 Å². The normalized spacial score (nSPS) is 10.6. The van der Waals surface area contributed by atoms with Crippen molar-refractivity contribution in [2.45, 2.75) is 0 Å². The van der Waals surface area contributed by atoms with Gasteiger partial charge in [-0.05, 0) is 36.4 Å². The molecule has 0 aliphatic carbocycles. The number of hydrogen-bond donors (Lipinski definition) is 1. The molecule has 0 amide bonds. The molecular weight excluding hydrogens is 244 g/mol. The zero-order valence-electron chi connectivity index (χ0n) is 10.3. The Bertz CT molecular complexity index is 671. The van der Waals surface area contributed by atoms with E-state index in [1.807, 2.05) is 24.3 Å². The topological polar surface area (TPSA) is 79.1 Å². The predicted molar refractivity (Wildman–Crippen MR) is 70.0 cm³/mol. The highest BCUT2D eigenvalue weighted by Gasteiger charge is 2.14. The van der Waals surface area contributed by atoms with Gasteiger partial charge in [0.1, 0.15) is 5.75 Å². The Labute approximate surface area is 109 Å². The number of rotatable bonds is 3. The first-order valence-electron chi connectivity index (χ1n) is 5.69. The van der Waals surface area contributed by atoms with E-state index in [1.165, 1.54) is 0 Å². The van der Waals surface area contributed by atoms with E-state index in [0.29, 0.717) is 17.3 Å². The predicted octanol–water partition coefficient (Wildman–Crippen LogP) is 2.12. The molecule has 3 rings (SSSR count). The maximum Gasteiger partial charge on any atom is 0.172 e. The fourth-order valence-corrected chi connectivity index (χ4v) is 1.79. The van der Waals surface area contributed by atoms with Gasteiger partial charge < -0.3 is 14.9 Å². The first-order valence-corrected chi connectivity index (χ1v) is 5.69. The van der Waals surface area contributed by atoms with Gasteiger partial charge in [-0.25, -0.2) is 0 Å². The quantitative estimate of drug-likeness (QED) is 0.776. The van der Waals surface area contributed by atoms with Crippen LogP contribution in [-0.4, -0.2) is 22.1 Å². The third kappa shape index (κ3) is 1.93. The van der Waals surface area contributed by atoms with Crippen LogP contribution in [0.5, 0.6) is 5.75 Å². The largest absolute Gasteiger partial charge is 0.497 e. The fraction of sp³-hybridized carbons (Fsp3) is 0.0769. The van der Waals surface area contributed by atoms with Crippen molar-refractivity contribution in [1.29, 1.82) is 0 Å². The van der Waals surface area contributed by atoms with Crippen LogP contribution in [0.4, 0.5) is 5.82 Å². The summed E-state index contributed by atoms with van der Waals surface area (Å²) in [5.41, 5.74) is 7.38. The lowest BCUT2D eigenvalue weighted by Crippen LogP contribution is -2.02. The van der Waals surface area contributed by atoms with E-state index >= 15 is 0 Å². The summed E-state index contributed by atoms with van der Waals surface area (Å²) in [6, 6.07) is 11.0. The average molecular weight is 256 g/mol. The summed E-state index contributed by atoms with van der Waals surface area (Å²) < 4.78 is 11.9. The molecule has 0 radical (unpaired) electrons. The van der Waals surface area contributed by atoms with Crippen LogP contribution in [0.15, 0.2) is 47.1 Å². The molecule has 0 saturated heterocycles. The number of nitrogen functional groups attached to an aromatic ring is 1.